The van der Waals surface area contributed by atoms with E-state index < -0.39 is 0 Å². The Morgan fingerprint density at radius 1 is 1.58 bits per heavy atom. The molecule has 1 heterocycles. The third kappa shape index (κ3) is 1.74. The van der Waals surface area contributed by atoms with Crippen LogP contribution in [0.15, 0.2) is 16.9 Å². The molecule has 0 spiro atoms. The number of hydrogen-bond acceptors (Lipinski definition) is 2. The molecule has 0 aliphatic heterocycles. The van der Waals surface area contributed by atoms with Gasteiger partial charge in [-0.3, -0.25) is 4.79 Å². The van der Waals surface area contributed by atoms with E-state index in [1.165, 1.54) is 0 Å². The average molecular weight is 166 g/mol. The van der Waals surface area contributed by atoms with E-state index in [1.807, 2.05) is 19.9 Å². The van der Waals surface area contributed by atoms with Crippen molar-refractivity contribution in [3.8, 4) is 0 Å². The van der Waals surface area contributed by atoms with E-state index >= 15 is 0 Å². The van der Waals surface area contributed by atoms with Crippen LogP contribution in [0.5, 0.6) is 0 Å². The summed E-state index contributed by atoms with van der Waals surface area (Å²) in [6, 6.07) is 3.52. The van der Waals surface area contributed by atoms with Gasteiger partial charge in [0.2, 0.25) is 0 Å². The molecule has 0 saturated carbocycles. The van der Waals surface area contributed by atoms with Crippen molar-refractivity contribution in [3.05, 3.63) is 33.7 Å². The fraction of sp³-hybridized carbons (Fsp3) is 0.444. The first-order valence-corrected chi connectivity index (χ1v) is 4.10. The summed E-state index contributed by atoms with van der Waals surface area (Å²) in [6.07, 6.45) is 0.784. The molecule has 0 bridgehead atoms. The smallest absolute Gasteiger partial charge is 0.252 e. The summed E-state index contributed by atoms with van der Waals surface area (Å²) < 4.78 is 0. The van der Waals surface area contributed by atoms with Gasteiger partial charge in [0.05, 0.1) is 0 Å². The van der Waals surface area contributed by atoms with E-state index in [-0.39, 0.29) is 11.6 Å². The molecule has 0 radical (unpaired) electrons. The van der Waals surface area contributed by atoms with Gasteiger partial charge in [0.15, 0.2) is 0 Å². The van der Waals surface area contributed by atoms with Crippen molar-refractivity contribution in [1.82, 2.24) is 4.98 Å². The highest BCUT2D eigenvalue weighted by Crippen LogP contribution is 2.07. The predicted octanol–water partition coefficient (Wildman–Crippen LogP) is 1.09. The Kier molecular flexibility index (Phi) is 2.65. The van der Waals surface area contributed by atoms with E-state index in [9.17, 15) is 4.79 Å². The molecule has 3 heteroatoms. The fourth-order valence-electron chi connectivity index (χ4n) is 1.10. The number of rotatable bonds is 2. The lowest BCUT2D eigenvalue weighted by atomic mass is 10.1. The van der Waals surface area contributed by atoms with Gasteiger partial charge in [0, 0.05) is 17.3 Å². The highest BCUT2D eigenvalue weighted by atomic mass is 16.1. The minimum Gasteiger partial charge on any atom is -0.326 e. The van der Waals surface area contributed by atoms with Crippen LogP contribution in [0.1, 0.15) is 30.6 Å². The Morgan fingerprint density at radius 3 is 2.75 bits per heavy atom. The second-order valence-electron chi connectivity index (χ2n) is 2.94. The second kappa shape index (κ2) is 3.54. The van der Waals surface area contributed by atoms with Crippen molar-refractivity contribution in [2.45, 2.75) is 26.3 Å². The normalized spacial score (nSPS) is 12.9. The van der Waals surface area contributed by atoms with Gasteiger partial charge in [-0.05, 0) is 19.4 Å². The molecular formula is C9H14N2O. The first kappa shape index (κ1) is 9.00. The highest BCUT2D eigenvalue weighted by Gasteiger charge is 2.06. The van der Waals surface area contributed by atoms with Gasteiger partial charge < -0.3 is 10.7 Å². The van der Waals surface area contributed by atoms with Crippen molar-refractivity contribution in [2.75, 3.05) is 0 Å². The summed E-state index contributed by atoms with van der Waals surface area (Å²) in [5.41, 5.74) is 7.20. The third-order valence-electron chi connectivity index (χ3n) is 1.93. The van der Waals surface area contributed by atoms with E-state index in [1.54, 1.807) is 6.07 Å². The number of hydrogen-bond donors (Lipinski definition) is 2. The molecule has 0 aromatic carbocycles. The summed E-state index contributed by atoms with van der Waals surface area (Å²) in [7, 11) is 0. The summed E-state index contributed by atoms with van der Waals surface area (Å²) in [5, 5.41) is 0. The molecule has 0 unspecified atom stereocenters. The van der Waals surface area contributed by atoms with Crippen LogP contribution in [0.3, 0.4) is 0 Å². The topological polar surface area (TPSA) is 58.9 Å². The Labute approximate surface area is 71.6 Å². The Balaban J connectivity index is 3.10. The number of aromatic nitrogens is 1. The van der Waals surface area contributed by atoms with E-state index in [0.717, 1.165) is 12.1 Å². The first-order valence-electron chi connectivity index (χ1n) is 4.10. The molecule has 1 aromatic rings. The van der Waals surface area contributed by atoms with Gasteiger partial charge in [-0.15, -0.1) is 0 Å². The number of nitrogens with one attached hydrogen (secondary N) is 1. The SMILES string of the molecule is CC[C@@H](N)c1ccc(C)[nH]c1=O. The number of H-pyrrole nitrogens is 1. The van der Waals surface area contributed by atoms with Crippen molar-refractivity contribution in [1.29, 1.82) is 0 Å². The van der Waals surface area contributed by atoms with Crippen molar-refractivity contribution < 1.29 is 0 Å². The zero-order valence-electron chi connectivity index (χ0n) is 7.42. The standard InChI is InChI=1S/C9H14N2O/c1-3-8(10)7-5-4-6(2)11-9(7)12/h4-5,8H,3,10H2,1-2H3,(H,11,12)/t8-/m1/s1. The Morgan fingerprint density at radius 2 is 2.25 bits per heavy atom. The summed E-state index contributed by atoms with van der Waals surface area (Å²) >= 11 is 0. The van der Waals surface area contributed by atoms with E-state index in [0.29, 0.717) is 5.56 Å². The minimum absolute atomic E-state index is 0.0654. The van der Waals surface area contributed by atoms with Gasteiger partial charge in [0.25, 0.3) is 5.56 Å². The maximum Gasteiger partial charge on any atom is 0.252 e. The molecule has 0 aliphatic rings. The van der Waals surface area contributed by atoms with E-state index in [4.69, 9.17) is 5.73 Å². The molecule has 3 N–H and O–H groups in total. The quantitative estimate of drug-likeness (QED) is 0.691. The lowest BCUT2D eigenvalue weighted by Gasteiger charge is -2.07. The van der Waals surface area contributed by atoms with Gasteiger partial charge in [0.1, 0.15) is 0 Å². The summed E-state index contributed by atoms with van der Waals surface area (Å²) in [6.45, 7) is 3.81. The van der Waals surface area contributed by atoms with Crippen LogP contribution < -0.4 is 11.3 Å². The predicted molar refractivity (Wildman–Crippen MR) is 49.0 cm³/mol. The maximum absolute atomic E-state index is 11.3. The zero-order chi connectivity index (χ0) is 9.14. The molecule has 0 fully saturated rings. The molecule has 3 nitrogen and oxygen atoms in total. The van der Waals surface area contributed by atoms with Gasteiger partial charge in [-0.1, -0.05) is 13.0 Å². The van der Waals surface area contributed by atoms with E-state index in [2.05, 4.69) is 4.98 Å². The number of pyridine rings is 1. The molecule has 12 heavy (non-hydrogen) atoms. The van der Waals surface area contributed by atoms with Crippen molar-refractivity contribution >= 4 is 0 Å². The lowest BCUT2D eigenvalue weighted by molar-refractivity contribution is 0.687. The minimum atomic E-state index is -0.144. The highest BCUT2D eigenvalue weighted by molar-refractivity contribution is 5.16. The van der Waals surface area contributed by atoms with Crippen LogP contribution in [0.2, 0.25) is 0 Å². The Bertz CT molecular complexity index is 317. The van der Waals surface area contributed by atoms with Crippen LogP contribution in [0.4, 0.5) is 0 Å². The van der Waals surface area contributed by atoms with Crippen LogP contribution in [-0.4, -0.2) is 4.98 Å². The molecule has 1 atom stereocenters. The van der Waals surface area contributed by atoms with Crippen LogP contribution in [0, 0.1) is 6.92 Å². The van der Waals surface area contributed by atoms with Gasteiger partial charge in [-0.25, -0.2) is 0 Å². The molecule has 66 valence electrons. The first-order chi connectivity index (χ1) is 5.65. The van der Waals surface area contributed by atoms with Gasteiger partial charge >= 0.3 is 0 Å². The fourth-order valence-corrected chi connectivity index (χ4v) is 1.10. The number of aromatic amines is 1. The Hall–Kier alpha value is -1.09. The largest absolute Gasteiger partial charge is 0.326 e. The molecular weight excluding hydrogens is 152 g/mol. The summed E-state index contributed by atoms with van der Waals surface area (Å²) in [4.78, 5) is 14.0. The van der Waals surface area contributed by atoms with Crippen LogP contribution in [-0.2, 0) is 0 Å². The van der Waals surface area contributed by atoms with Gasteiger partial charge in [-0.2, -0.15) is 0 Å². The monoisotopic (exact) mass is 166 g/mol. The maximum atomic E-state index is 11.3. The zero-order valence-corrected chi connectivity index (χ0v) is 7.42. The molecule has 0 amide bonds. The number of nitrogens with two attached hydrogens (primary N) is 1. The lowest BCUT2D eigenvalue weighted by Crippen LogP contribution is -2.21. The molecule has 0 saturated heterocycles. The second-order valence-corrected chi connectivity index (χ2v) is 2.94. The van der Waals surface area contributed by atoms with Crippen molar-refractivity contribution in [3.63, 3.8) is 0 Å². The summed E-state index contributed by atoms with van der Waals surface area (Å²) in [5.74, 6) is 0. The molecule has 1 rings (SSSR count). The molecule has 0 aliphatic carbocycles. The average Bonchev–Trinajstić information content (AvgIpc) is 2.03. The molecule has 1 aromatic heterocycles. The van der Waals surface area contributed by atoms with Crippen molar-refractivity contribution in [2.24, 2.45) is 5.73 Å². The third-order valence-corrected chi connectivity index (χ3v) is 1.93. The van der Waals surface area contributed by atoms with Crippen LogP contribution >= 0.6 is 0 Å². The number of aryl methyl sites for hydroxylation is 1. The van der Waals surface area contributed by atoms with Crippen LogP contribution in [0.25, 0.3) is 0 Å².